The molecule has 1 aromatic heterocycles. The number of rotatable bonds is 4. The number of nitrogens with two attached hydrogens (primary N) is 2. The highest BCUT2D eigenvalue weighted by Gasteiger charge is 2.21. The number of ether oxygens (including phenoxy) is 1. The second kappa shape index (κ2) is 4.79. The van der Waals surface area contributed by atoms with E-state index >= 15 is 0 Å². The van der Waals surface area contributed by atoms with E-state index in [4.69, 9.17) is 16.2 Å². The highest BCUT2D eigenvalue weighted by atomic mass is 16.5. The Balaban J connectivity index is 2.57. The van der Waals surface area contributed by atoms with Crippen molar-refractivity contribution in [1.29, 1.82) is 0 Å². The summed E-state index contributed by atoms with van der Waals surface area (Å²) in [5, 5.41) is 4.16. The van der Waals surface area contributed by atoms with Gasteiger partial charge in [-0.05, 0) is 19.1 Å². The number of carbonyl (C=O) groups excluding carboxylic acids is 1. The van der Waals surface area contributed by atoms with E-state index < -0.39 is 5.91 Å². The summed E-state index contributed by atoms with van der Waals surface area (Å²) >= 11 is 0. The molecule has 2 aromatic rings. The lowest BCUT2D eigenvalue weighted by Gasteiger charge is -2.02. The quantitative estimate of drug-likeness (QED) is 0.839. The molecular weight excluding hydrogens is 232 g/mol. The zero-order chi connectivity index (χ0) is 13.1. The molecule has 6 heteroatoms. The molecular formula is C12H14N4O2. The maximum absolute atomic E-state index is 11.4. The fourth-order valence-corrected chi connectivity index (χ4v) is 1.65. The topological polar surface area (TPSA) is 96.2 Å². The van der Waals surface area contributed by atoms with Crippen molar-refractivity contribution in [2.75, 3.05) is 12.3 Å². The van der Waals surface area contributed by atoms with Gasteiger partial charge >= 0.3 is 0 Å². The molecule has 0 saturated heterocycles. The summed E-state index contributed by atoms with van der Waals surface area (Å²) in [5.41, 5.74) is 12.0. The fourth-order valence-electron chi connectivity index (χ4n) is 1.65. The fraction of sp³-hybridized carbons (Fsp3) is 0.167. The average molecular weight is 246 g/mol. The minimum absolute atomic E-state index is 0.112. The molecule has 0 bridgehead atoms. The van der Waals surface area contributed by atoms with E-state index in [9.17, 15) is 4.79 Å². The molecule has 0 saturated carbocycles. The Hall–Kier alpha value is -2.50. The number of carbonyl (C=O) groups is 1. The first-order chi connectivity index (χ1) is 8.65. The summed E-state index contributed by atoms with van der Waals surface area (Å²) in [6.45, 7) is 2.17. The van der Waals surface area contributed by atoms with Gasteiger partial charge in [0.1, 0.15) is 11.4 Å². The summed E-state index contributed by atoms with van der Waals surface area (Å²) in [4.78, 5) is 11.4. The largest absolute Gasteiger partial charge is 0.476 e. The molecule has 0 radical (unpaired) electrons. The van der Waals surface area contributed by atoms with E-state index in [-0.39, 0.29) is 17.3 Å². The van der Waals surface area contributed by atoms with Crippen molar-refractivity contribution < 1.29 is 9.53 Å². The van der Waals surface area contributed by atoms with Crippen LogP contribution in [0.3, 0.4) is 0 Å². The number of nitrogen functional groups attached to an aromatic ring is 1. The van der Waals surface area contributed by atoms with Crippen LogP contribution in [-0.4, -0.2) is 22.3 Å². The zero-order valence-corrected chi connectivity index (χ0v) is 9.96. The van der Waals surface area contributed by atoms with Gasteiger partial charge in [-0.3, -0.25) is 4.79 Å². The third-order valence-corrected chi connectivity index (χ3v) is 2.42. The summed E-state index contributed by atoms with van der Waals surface area (Å²) in [5.74, 6) is -0.318. The van der Waals surface area contributed by atoms with Gasteiger partial charge in [0.25, 0.3) is 5.91 Å². The lowest BCUT2D eigenvalue weighted by molar-refractivity contribution is 0.0997. The lowest BCUT2D eigenvalue weighted by atomic mass is 10.3. The van der Waals surface area contributed by atoms with Crippen LogP contribution in [0.2, 0.25) is 0 Å². The van der Waals surface area contributed by atoms with Gasteiger partial charge in [-0.2, -0.15) is 0 Å². The molecule has 0 unspecified atom stereocenters. The van der Waals surface area contributed by atoms with Crippen LogP contribution in [0.25, 0.3) is 5.69 Å². The minimum atomic E-state index is -0.655. The summed E-state index contributed by atoms with van der Waals surface area (Å²) in [7, 11) is 0. The molecule has 0 atom stereocenters. The maximum atomic E-state index is 11.4. The molecule has 1 aromatic carbocycles. The van der Waals surface area contributed by atoms with E-state index in [1.54, 1.807) is 6.92 Å². The zero-order valence-electron chi connectivity index (χ0n) is 9.96. The van der Waals surface area contributed by atoms with Crippen molar-refractivity contribution in [2.45, 2.75) is 6.92 Å². The Morgan fingerprint density at radius 1 is 1.39 bits per heavy atom. The van der Waals surface area contributed by atoms with Crippen molar-refractivity contribution in [3.8, 4) is 11.6 Å². The molecule has 18 heavy (non-hydrogen) atoms. The minimum Gasteiger partial charge on any atom is -0.476 e. The predicted octanol–water partition coefficient (Wildman–Crippen LogP) is 0.952. The number of para-hydroxylation sites is 1. The van der Waals surface area contributed by atoms with Gasteiger partial charge in [0.15, 0.2) is 0 Å². The van der Waals surface area contributed by atoms with Crippen LogP contribution in [0.15, 0.2) is 30.3 Å². The SMILES string of the molecule is CCOc1nn(-c2ccccc2)c(N)c1C(N)=O. The smallest absolute Gasteiger partial charge is 0.258 e. The van der Waals surface area contributed by atoms with Gasteiger partial charge in [0, 0.05) is 0 Å². The number of primary amides is 1. The molecule has 0 fully saturated rings. The Morgan fingerprint density at radius 2 is 2.06 bits per heavy atom. The predicted molar refractivity (Wildman–Crippen MR) is 67.7 cm³/mol. The number of aromatic nitrogens is 2. The highest BCUT2D eigenvalue weighted by Crippen LogP contribution is 2.26. The van der Waals surface area contributed by atoms with Crippen molar-refractivity contribution >= 4 is 11.7 Å². The number of nitrogens with zero attached hydrogens (tertiary/aromatic N) is 2. The van der Waals surface area contributed by atoms with Gasteiger partial charge in [0.2, 0.25) is 5.88 Å². The van der Waals surface area contributed by atoms with Crippen LogP contribution in [0.1, 0.15) is 17.3 Å². The molecule has 1 heterocycles. The first-order valence-corrected chi connectivity index (χ1v) is 5.51. The van der Waals surface area contributed by atoms with Crippen LogP contribution in [0.4, 0.5) is 5.82 Å². The van der Waals surface area contributed by atoms with Crippen LogP contribution in [0, 0.1) is 0 Å². The molecule has 1 amide bonds. The Labute approximate surface area is 104 Å². The number of hydrogen-bond acceptors (Lipinski definition) is 4. The van der Waals surface area contributed by atoms with E-state index in [0.29, 0.717) is 6.61 Å². The second-order valence-electron chi connectivity index (χ2n) is 3.61. The van der Waals surface area contributed by atoms with Crippen LogP contribution >= 0.6 is 0 Å². The Bertz CT molecular complexity index is 563. The van der Waals surface area contributed by atoms with Gasteiger partial charge in [-0.25, -0.2) is 4.68 Å². The highest BCUT2D eigenvalue weighted by molar-refractivity contribution is 6.00. The molecule has 6 nitrogen and oxygen atoms in total. The van der Waals surface area contributed by atoms with E-state index in [2.05, 4.69) is 5.10 Å². The van der Waals surface area contributed by atoms with Crippen molar-refractivity contribution in [3.05, 3.63) is 35.9 Å². The van der Waals surface area contributed by atoms with Gasteiger partial charge in [-0.15, -0.1) is 5.10 Å². The number of anilines is 1. The standard InChI is InChI=1S/C12H14N4O2/c1-2-18-12-9(11(14)17)10(13)16(15-12)8-6-4-3-5-7-8/h3-7H,2,13H2,1H3,(H2,14,17). The lowest BCUT2D eigenvalue weighted by Crippen LogP contribution is -2.14. The van der Waals surface area contributed by atoms with Crippen LogP contribution in [0.5, 0.6) is 5.88 Å². The number of hydrogen-bond donors (Lipinski definition) is 2. The first kappa shape index (κ1) is 12.0. The van der Waals surface area contributed by atoms with Gasteiger partial charge in [0.05, 0.1) is 12.3 Å². The summed E-state index contributed by atoms with van der Waals surface area (Å²) in [6, 6.07) is 9.22. The van der Waals surface area contributed by atoms with Crippen LogP contribution < -0.4 is 16.2 Å². The van der Waals surface area contributed by atoms with Crippen molar-refractivity contribution in [1.82, 2.24) is 9.78 Å². The van der Waals surface area contributed by atoms with Crippen molar-refractivity contribution in [2.24, 2.45) is 5.73 Å². The van der Waals surface area contributed by atoms with E-state index in [1.165, 1.54) is 4.68 Å². The molecule has 2 rings (SSSR count). The van der Waals surface area contributed by atoms with Crippen LogP contribution in [-0.2, 0) is 0 Å². The monoisotopic (exact) mass is 246 g/mol. The molecule has 0 aliphatic carbocycles. The normalized spacial score (nSPS) is 10.3. The molecule has 0 aliphatic rings. The van der Waals surface area contributed by atoms with E-state index in [0.717, 1.165) is 5.69 Å². The summed E-state index contributed by atoms with van der Waals surface area (Å²) in [6.07, 6.45) is 0. The van der Waals surface area contributed by atoms with Crippen molar-refractivity contribution in [3.63, 3.8) is 0 Å². The Kier molecular flexibility index (Phi) is 3.18. The summed E-state index contributed by atoms with van der Waals surface area (Å²) < 4.78 is 6.70. The number of benzene rings is 1. The average Bonchev–Trinajstić information content (AvgIpc) is 2.68. The number of amides is 1. The maximum Gasteiger partial charge on any atom is 0.258 e. The third kappa shape index (κ3) is 2.00. The van der Waals surface area contributed by atoms with Gasteiger partial charge in [-0.1, -0.05) is 18.2 Å². The van der Waals surface area contributed by atoms with Gasteiger partial charge < -0.3 is 16.2 Å². The molecule has 4 N–H and O–H groups in total. The molecule has 0 spiro atoms. The van der Waals surface area contributed by atoms with E-state index in [1.807, 2.05) is 30.3 Å². The molecule has 94 valence electrons. The molecule has 0 aliphatic heterocycles. The third-order valence-electron chi connectivity index (χ3n) is 2.42. The second-order valence-corrected chi connectivity index (χ2v) is 3.61. The Morgan fingerprint density at radius 3 is 2.61 bits per heavy atom. The first-order valence-electron chi connectivity index (χ1n) is 5.51.